The molecule has 1 amide bonds. The molecule has 136 valence electrons. The molecule has 1 aromatic heterocycles. The molecule has 26 heavy (non-hydrogen) atoms. The van der Waals surface area contributed by atoms with Gasteiger partial charge in [-0.05, 0) is 12.1 Å². The van der Waals surface area contributed by atoms with Crippen LogP contribution in [-0.2, 0) is 9.53 Å². The minimum Gasteiger partial charge on any atom is -0.481 e. The van der Waals surface area contributed by atoms with Crippen molar-refractivity contribution in [2.75, 3.05) is 19.7 Å². The smallest absolute Gasteiger partial charge is 0.306 e. The summed E-state index contributed by atoms with van der Waals surface area (Å²) in [5, 5.41) is 23.9. The van der Waals surface area contributed by atoms with Crippen LogP contribution >= 0.6 is 0 Å². The van der Waals surface area contributed by atoms with Crippen LogP contribution in [-0.4, -0.2) is 62.4 Å². The van der Waals surface area contributed by atoms with Crippen LogP contribution in [0.4, 0.5) is 5.69 Å². The molecule has 1 unspecified atom stereocenters. The molecule has 1 fully saturated rings. The minimum absolute atomic E-state index is 0.0735. The molecule has 3 rings (SSSR count). The van der Waals surface area contributed by atoms with E-state index in [0.29, 0.717) is 12.2 Å². The lowest BCUT2D eigenvalue weighted by Crippen LogP contribution is -2.46. The van der Waals surface area contributed by atoms with Gasteiger partial charge in [0, 0.05) is 31.4 Å². The van der Waals surface area contributed by atoms with E-state index in [9.17, 15) is 19.7 Å². The summed E-state index contributed by atoms with van der Waals surface area (Å²) in [6.07, 6.45) is 0.817. The summed E-state index contributed by atoms with van der Waals surface area (Å²) >= 11 is 0. The zero-order chi connectivity index (χ0) is 18.7. The number of nitro benzene ring substituents is 1. The predicted molar refractivity (Wildman–Crippen MR) is 88.1 cm³/mol. The molecule has 10 nitrogen and oxygen atoms in total. The largest absolute Gasteiger partial charge is 0.481 e. The number of aromatic nitrogens is 2. The summed E-state index contributed by atoms with van der Waals surface area (Å²) in [5.41, 5.74) is 0.562. The first-order valence-electron chi connectivity index (χ1n) is 7.87. The van der Waals surface area contributed by atoms with Crippen LogP contribution in [0, 0.1) is 10.1 Å². The van der Waals surface area contributed by atoms with Crippen molar-refractivity contribution < 1.29 is 24.4 Å². The fourth-order valence-corrected chi connectivity index (χ4v) is 2.71. The number of carboxylic acids is 1. The normalized spacial score (nSPS) is 17.1. The number of amides is 1. The Bertz CT molecular complexity index is 849. The number of nitrogens with zero attached hydrogens (tertiary/aromatic N) is 4. The molecule has 1 aliphatic heterocycles. The highest BCUT2D eigenvalue weighted by molar-refractivity contribution is 5.92. The molecule has 1 N–H and O–H groups in total. The summed E-state index contributed by atoms with van der Waals surface area (Å²) in [6, 6.07) is 7.43. The van der Waals surface area contributed by atoms with E-state index in [0.717, 1.165) is 0 Å². The molecule has 0 radical (unpaired) electrons. The summed E-state index contributed by atoms with van der Waals surface area (Å²) < 4.78 is 6.74. The highest BCUT2D eigenvalue weighted by Gasteiger charge is 2.27. The molecule has 0 spiro atoms. The molecular weight excluding hydrogens is 344 g/mol. The van der Waals surface area contributed by atoms with Gasteiger partial charge in [-0.1, -0.05) is 6.07 Å². The van der Waals surface area contributed by atoms with E-state index in [1.54, 1.807) is 12.3 Å². The van der Waals surface area contributed by atoms with Gasteiger partial charge in [0.25, 0.3) is 11.6 Å². The van der Waals surface area contributed by atoms with E-state index < -0.39 is 17.0 Å². The van der Waals surface area contributed by atoms with Gasteiger partial charge in [0.15, 0.2) is 5.69 Å². The summed E-state index contributed by atoms with van der Waals surface area (Å²) in [4.78, 5) is 35.3. The number of ether oxygens (including phenoxy) is 1. The van der Waals surface area contributed by atoms with E-state index >= 15 is 0 Å². The number of aliphatic carboxylic acids is 1. The molecule has 2 heterocycles. The molecule has 1 atom stereocenters. The number of carboxylic acid groups (broad SMARTS) is 1. The third-order valence-electron chi connectivity index (χ3n) is 3.94. The zero-order valence-electron chi connectivity index (χ0n) is 13.6. The van der Waals surface area contributed by atoms with E-state index in [1.165, 1.54) is 33.8 Å². The van der Waals surface area contributed by atoms with Crippen molar-refractivity contribution in [1.82, 2.24) is 14.7 Å². The number of carbonyl (C=O) groups is 2. The lowest BCUT2D eigenvalue weighted by molar-refractivity contribution is -0.384. The molecule has 1 aromatic carbocycles. The number of hydrogen-bond donors (Lipinski definition) is 1. The summed E-state index contributed by atoms with van der Waals surface area (Å²) in [5.74, 6) is -1.33. The van der Waals surface area contributed by atoms with E-state index in [2.05, 4.69) is 5.10 Å². The van der Waals surface area contributed by atoms with Gasteiger partial charge >= 0.3 is 5.97 Å². The number of non-ortho nitro benzene ring substituents is 1. The predicted octanol–water partition coefficient (Wildman–Crippen LogP) is 1.10. The van der Waals surface area contributed by atoms with E-state index in [-0.39, 0.29) is 36.9 Å². The van der Waals surface area contributed by atoms with Crippen LogP contribution in [0.15, 0.2) is 36.5 Å². The van der Waals surface area contributed by atoms with Crippen LogP contribution in [0.5, 0.6) is 0 Å². The number of nitro groups is 1. The first-order valence-corrected chi connectivity index (χ1v) is 7.87. The SMILES string of the molecule is O=C(O)CC1CN(C(=O)c2ccn(-c3cccc([N+](=O)[O-])c3)n2)CCO1. The van der Waals surface area contributed by atoms with Crippen molar-refractivity contribution in [2.45, 2.75) is 12.5 Å². The second kappa shape index (κ2) is 7.31. The van der Waals surface area contributed by atoms with Gasteiger partial charge in [-0.3, -0.25) is 19.7 Å². The molecule has 2 aromatic rings. The summed E-state index contributed by atoms with van der Waals surface area (Å²) in [7, 11) is 0. The molecule has 10 heteroatoms. The number of carbonyl (C=O) groups excluding carboxylic acids is 1. The van der Waals surface area contributed by atoms with Gasteiger partial charge in [-0.2, -0.15) is 5.10 Å². The molecular formula is C16H16N4O6. The van der Waals surface area contributed by atoms with Crippen molar-refractivity contribution in [3.8, 4) is 5.69 Å². The van der Waals surface area contributed by atoms with Gasteiger partial charge in [0.1, 0.15) is 0 Å². The highest BCUT2D eigenvalue weighted by atomic mass is 16.6. The van der Waals surface area contributed by atoms with Gasteiger partial charge in [-0.25, -0.2) is 4.68 Å². The maximum absolute atomic E-state index is 12.6. The van der Waals surface area contributed by atoms with Crippen LogP contribution in [0.1, 0.15) is 16.9 Å². The van der Waals surface area contributed by atoms with E-state index in [4.69, 9.17) is 9.84 Å². The van der Waals surface area contributed by atoms with E-state index in [1.807, 2.05) is 0 Å². The maximum Gasteiger partial charge on any atom is 0.306 e. The average Bonchev–Trinajstić information content (AvgIpc) is 3.11. The highest BCUT2D eigenvalue weighted by Crippen LogP contribution is 2.17. The second-order valence-electron chi connectivity index (χ2n) is 5.76. The Kier molecular flexibility index (Phi) is 4.94. The fraction of sp³-hybridized carbons (Fsp3) is 0.312. The zero-order valence-corrected chi connectivity index (χ0v) is 13.6. The van der Waals surface area contributed by atoms with Crippen LogP contribution < -0.4 is 0 Å². The number of benzene rings is 1. The molecule has 1 aliphatic rings. The van der Waals surface area contributed by atoms with Gasteiger partial charge < -0.3 is 14.7 Å². The van der Waals surface area contributed by atoms with Gasteiger partial charge in [-0.15, -0.1) is 0 Å². The lowest BCUT2D eigenvalue weighted by Gasteiger charge is -2.31. The van der Waals surface area contributed by atoms with Crippen molar-refractivity contribution >= 4 is 17.6 Å². The Morgan fingerprint density at radius 3 is 2.92 bits per heavy atom. The van der Waals surface area contributed by atoms with Gasteiger partial charge in [0.2, 0.25) is 0 Å². The lowest BCUT2D eigenvalue weighted by atomic mass is 10.2. The Morgan fingerprint density at radius 2 is 2.19 bits per heavy atom. The standard InChI is InChI=1S/C16H16N4O6/c21-15(22)9-13-10-18(6-7-26-13)16(23)14-4-5-19(17-14)11-2-1-3-12(8-11)20(24)25/h1-5,8,13H,6-7,9-10H2,(H,21,22). The second-order valence-corrected chi connectivity index (χ2v) is 5.76. The first kappa shape index (κ1) is 17.5. The molecule has 0 saturated carbocycles. The molecule has 0 bridgehead atoms. The third kappa shape index (κ3) is 3.86. The van der Waals surface area contributed by atoms with Crippen molar-refractivity contribution in [1.29, 1.82) is 0 Å². The number of hydrogen-bond acceptors (Lipinski definition) is 6. The number of morpholine rings is 1. The monoisotopic (exact) mass is 360 g/mol. The molecule has 0 aliphatic carbocycles. The van der Waals surface area contributed by atoms with Crippen molar-refractivity contribution in [3.05, 3.63) is 52.3 Å². The quantitative estimate of drug-likeness (QED) is 0.624. The Morgan fingerprint density at radius 1 is 1.38 bits per heavy atom. The van der Waals surface area contributed by atoms with Gasteiger partial charge in [0.05, 0.1) is 29.7 Å². The topological polar surface area (TPSA) is 128 Å². The Hall–Kier alpha value is -3.27. The average molecular weight is 360 g/mol. The van der Waals surface area contributed by atoms with Crippen LogP contribution in [0.3, 0.4) is 0 Å². The maximum atomic E-state index is 12.6. The third-order valence-corrected chi connectivity index (χ3v) is 3.94. The number of rotatable bonds is 5. The Labute approximate surface area is 147 Å². The molecule has 1 saturated heterocycles. The van der Waals surface area contributed by atoms with Crippen LogP contribution in [0.2, 0.25) is 0 Å². The Balaban J connectivity index is 1.75. The summed E-state index contributed by atoms with van der Waals surface area (Å²) in [6.45, 7) is 0.780. The minimum atomic E-state index is -0.987. The fourth-order valence-electron chi connectivity index (χ4n) is 2.71. The van der Waals surface area contributed by atoms with Crippen molar-refractivity contribution in [2.24, 2.45) is 0 Å². The van der Waals surface area contributed by atoms with Crippen LogP contribution in [0.25, 0.3) is 5.69 Å². The first-order chi connectivity index (χ1) is 12.4. The van der Waals surface area contributed by atoms with Crippen molar-refractivity contribution in [3.63, 3.8) is 0 Å².